The Morgan fingerprint density at radius 2 is 2.40 bits per heavy atom. The molecule has 0 aromatic carbocycles. The fraction of sp³-hybridized carbons (Fsp3) is 0.857. The van der Waals surface area contributed by atoms with Gasteiger partial charge in [-0.2, -0.15) is 0 Å². The average molecular weight is 142 g/mol. The minimum absolute atomic E-state index is 0.0949. The van der Waals surface area contributed by atoms with Crippen molar-refractivity contribution in [2.24, 2.45) is 5.73 Å². The molecule has 58 valence electrons. The third-order valence-electron chi connectivity index (χ3n) is 1.93. The first-order valence-electron chi connectivity index (χ1n) is 3.69. The zero-order chi connectivity index (χ0) is 7.56. The van der Waals surface area contributed by atoms with E-state index in [4.69, 9.17) is 5.73 Å². The summed E-state index contributed by atoms with van der Waals surface area (Å²) in [4.78, 5) is 12.8. The van der Waals surface area contributed by atoms with Crippen LogP contribution in [0.5, 0.6) is 0 Å². The molecule has 0 spiro atoms. The molecule has 1 atom stereocenters. The lowest BCUT2D eigenvalue weighted by atomic mass is 10.1. The maximum absolute atomic E-state index is 11.1. The summed E-state index contributed by atoms with van der Waals surface area (Å²) in [7, 11) is 1.83. The van der Waals surface area contributed by atoms with E-state index in [-0.39, 0.29) is 11.9 Å². The molecule has 1 saturated heterocycles. The Bertz CT molecular complexity index is 136. The summed E-state index contributed by atoms with van der Waals surface area (Å²) >= 11 is 0. The Hall–Kier alpha value is -0.570. The number of hydrogen-bond donors (Lipinski definition) is 1. The Morgan fingerprint density at radius 1 is 1.70 bits per heavy atom. The standard InChI is InChI=1S/C7H14N2O/c1-9-4-2-3-6(8)5-7(9)10/h6H,2-5,8H2,1H3. The van der Waals surface area contributed by atoms with Crippen LogP contribution in [0.25, 0.3) is 0 Å². The lowest BCUT2D eigenvalue weighted by Crippen LogP contribution is -2.29. The molecule has 0 aliphatic carbocycles. The van der Waals surface area contributed by atoms with Crippen LogP contribution in [0, 0.1) is 0 Å². The van der Waals surface area contributed by atoms with Gasteiger partial charge in [0.25, 0.3) is 0 Å². The number of hydrogen-bond acceptors (Lipinski definition) is 2. The fourth-order valence-corrected chi connectivity index (χ4v) is 1.20. The molecule has 1 aliphatic rings. The molecule has 1 unspecified atom stereocenters. The first-order valence-corrected chi connectivity index (χ1v) is 3.69. The monoisotopic (exact) mass is 142 g/mol. The molecule has 3 heteroatoms. The Balaban J connectivity index is 2.49. The molecule has 1 rings (SSSR count). The van der Waals surface area contributed by atoms with E-state index in [1.807, 2.05) is 7.05 Å². The third-order valence-corrected chi connectivity index (χ3v) is 1.93. The number of nitrogens with two attached hydrogens (primary N) is 1. The normalized spacial score (nSPS) is 28.4. The van der Waals surface area contributed by atoms with Crippen LogP contribution in [0.15, 0.2) is 0 Å². The van der Waals surface area contributed by atoms with Gasteiger partial charge in [-0.3, -0.25) is 4.79 Å². The van der Waals surface area contributed by atoms with Crippen LogP contribution in [0.2, 0.25) is 0 Å². The molecule has 0 saturated carbocycles. The molecule has 0 aromatic heterocycles. The van der Waals surface area contributed by atoms with E-state index < -0.39 is 0 Å². The highest BCUT2D eigenvalue weighted by Gasteiger charge is 2.17. The highest BCUT2D eigenvalue weighted by molar-refractivity contribution is 5.76. The molecule has 1 amide bonds. The van der Waals surface area contributed by atoms with Crippen molar-refractivity contribution < 1.29 is 4.79 Å². The second-order valence-corrected chi connectivity index (χ2v) is 2.92. The van der Waals surface area contributed by atoms with Crippen molar-refractivity contribution in [2.45, 2.75) is 25.3 Å². The van der Waals surface area contributed by atoms with Crippen LogP contribution in [-0.4, -0.2) is 30.4 Å². The second-order valence-electron chi connectivity index (χ2n) is 2.92. The van der Waals surface area contributed by atoms with Crippen molar-refractivity contribution in [2.75, 3.05) is 13.6 Å². The molecule has 0 bridgehead atoms. The van der Waals surface area contributed by atoms with Gasteiger partial charge in [-0.1, -0.05) is 0 Å². The van der Waals surface area contributed by atoms with Crippen molar-refractivity contribution >= 4 is 5.91 Å². The van der Waals surface area contributed by atoms with Crippen LogP contribution in [0.1, 0.15) is 19.3 Å². The van der Waals surface area contributed by atoms with Gasteiger partial charge in [-0.15, -0.1) is 0 Å². The highest BCUT2D eigenvalue weighted by Crippen LogP contribution is 2.07. The Morgan fingerprint density at radius 3 is 3.10 bits per heavy atom. The molecule has 0 radical (unpaired) electrons. The van der Waals surface area contributed by atoms with E-state index in [1.165, 1.54) is 0 Å². The average Bonchev–Trinajstić information content (AvgIpc) is 1.96. The first-order chi connectivity index (χ1) is 4.70. The number of carbonyl (C=O) groups excluding carboxylic acids is 1. The summed E-state index contributed by atoms with van der Waals surface area (Å²) in [5.74, 6) is 0.185. The predicted octanol–water partition coefficient (Wildman–Crippen LogP) is -0.0440. The number of nitrogens with zero attached hydrogens (tertiary/aromatic N) is 1. The number of likely N-dealkylation sites (tertiary alicyclic amines) is 1. The van der Waals surface area contributed by atoms with Crippen molar-refractivity contribution in [1.29, 1.82) is 0 Å². The Labute approximate surface area is 61.2 Å². The van der Waals surface area contributed by atoms with Gasteiger partial charge in [-0.25, -0.2) is 0 Å². The molecular formula is C7H14N2O. The summed E-state index contributed by atoms with van der Waals surface area (Å²) in [5, 5.41) is 0. The number of rotatable bonds is 0. The lowest BCUT2D eigenvalue weighted by molar-refractivity contribution is -0.129. The fourth-order valence-electron chi connectivity index (χ4n) is 1.20. The van der Waals surface area contributed by atoms with Crippen LogP contribution < -0.4 is 5.73 Å². The summed E-state index contributed by atoms with van der Waals surface area (Å²) < 4.78 is 0. The molecule has 1 aliphatic heterocycles. The minimum Gasteiger partial charge on any atom is -0.346 e. The number of carbonyl (C=O) groups is 1. The third kappa shape index (κ3) is 1.70. The maximum Gasteiger partial charge on any atom is 0.223 e. The first kappa shape index (κ1) is 7.54. The molecule has 1 fully saturated rings. The minimum atomic E-state index is 0.0949. The van der Waals surface area contributed by atoms with Gasteiger partial charge in [0.1, 0.15) is 0 Å². The quantitative estimate of drug-likeness (QED) is 0.515. The lowest BCUT2D eigenvalue weighted by Gasteiger charge is -2.12. The van der Waals surface area contributed by atoms with Crippen molar-refractivity contribution in [3.05, 3.63) is 0 Å². The van der Waals surface area contributed by atoms with Crippen molar-refractivity contribution in [3.8, 4) is 0 Å². The van der Waals surface area contributed by atoms with Gasteiger partial charge >= 0.3 is 0 Å². The van der Waals surface area contributed by atoms with E-state index in [2.05, 4.69) is 0 Å². The van der Waals surface area contributed by atoms with E-state index >= 15 is 0 Å². The summed E-state index contributed by atoms with van der Waals surface area (Å²) in [5.41, 5.74) is 5.64. The molecule has 1 heterocycles. The van der Waals surface area contributed by atoms with Gasteiger partial charge < -0.3 is 10.6 Å². The van der Waals surface area contributed by atoms with Crippen molar-refractivity contribution in [3.63, 3.8) is 0 Å². The topological polar surface area (TPSA) is 46.3 Å². The zero-order valence-corrected chi connectivity index (χ0v) is 6.34. The van der Waals surface area contributed by atoms with Gasteiger partial charge in [-0.05, 0) is 12.8 Å². The Kier molecular flexibility index (Phi) is 2.27. The summed E-state index contributed by atoms with van der Waals surface area (Å²) in [6.45, 7) is 0.868. The second kappa shape index (κ2) is 3.01. The van der Waals surface area contributed by atoms with E-state index in [0.717, 1.165) is 19.4 Å². The molecule has 2 N–H and O–H groups in total. The molecule has 0 aromatic rings. The molecular weight excluding hydrogens is 128 g/mol. The van der Waals surface area contributed by atoms with E-state index in [9.17, 15) is 4.79 Å². The van der Waals surface area contributed by atoms with E-state index in [1.54, 1.807) is 4.90 Å². The zero-order valence-electron chi connectivity index (χ0n) is 6.34. The van der Waals surface area contributed by atoms with Crippen LogP contribution in [0.3, 0.4) is 0 Å². The van der Waals surface area contributed by atoms with Crippen LogP contribution in [-0.2, 0) is 4.79 Å². The SMILES string of the molecule is CN1CCCC(N)CC1=O. The smallest absolute Gasteiger partial charge is 0.223 e. The van der Waals surface area contributed by atoms with E-state index in [0.29, 0.717) is 6.42 Å². The van der Waals surface area contributed by atoms with Crippen LogP contribution >= 0.6 is 0 Å². The van der Waals surface area contributed by atoms with Crippen LogP contribution in [0.4, 0.5) is 0 Å². The van der Waals surface area contributed by atoms with Gasteiger partial charge in [0.2, 0.25) is 5.91 Å². The van der Waals surface area contributed by atoms with Gasteiger partial charge in [0.15, 0.2) is 0 Å². The van der Waals surface area contributed by atoms with Gasteiger partial charge in [0, 0.05) is 26.1 Å². The van der Waals surface area contributed by atoms with Crippen molar-refractivity contribution in [1.82, 2.24) is 4.90 Å². The molecule has 10 heavy (non-hydrogen) atoms. The number of amides is 1. The summed E-state index contributed by atoms with van der Waals surface area (Å²) in [6.07, 6.45) is 2.55. The molecule has 3 nitrogen and oxygen atoms in total. The van der Waals surface area contributed by atoms with Gasteiger partial charge in [0.05, 0.1) is 0 Å². The largest absolute Gasteiger partial charge is 0.346 e. The maximum atomic E-state index is 11.1. The predicted molar refractivity (Wildman–Crippen MR) is 39.5 cm³/mol. The highest BCUT2D eigenvalue weighted by atomic mass is 16.2. The summed E-state index contributed by atoms with van der Waals surface area (Å²) in [6, 6.07) is 0.0949.